The van der Waals surface area contributed by atoms with Crippen LogP contribution in [0.3, 0.4) is 0 Å². The maximum Gasteiger partial charge on any atom is 0.191 e. The molecule has 1 aliphatic carbocycles. The van der Waals surface area contributed by atoms with E-state index >= 15 is 0 Å². The SMILES string of the molecule is CN=C(NCc1ccc(OC)c(OC)c1)NC1CCCC1.I. The number of benzene rings is 1. The van der Waals surface area contributed by atoms with Gasteiger partial charge in [-0.15, -0.1) is 24.0 Å². The van der Waals surface area contributed by atoms with Crippen LogP contribution in [0.5, 0.6) is 11.5 Å². The fourth-order valence-electron chi connectivity index (χ4n) is 2.63. The van der Waals surface area contributed by atoms with Crippen LogP contribution >= 0.6 is 24.0 Å². The Balaban J connectivity index is 0.00000242. The highest BCUT2D eigenvalue weighted by Gasteiger charge is 2.15. The fourth-order valence-corrected chi connectivity index (χ4v) is 2.63. The number of methoxy groups -OCH3 is 2. The summed E-state index contributed by atoms with van der Waals surface area (Å²) in [5.41, 5.74) is 1.13. The summed E-state index contributed by atoms with van der Waals surface area (Å²) in [5.74, 6) is 2.35. The Labute approximate surface area is 149 Å². The molecule has 0 amide bonds. The summed E-state index contributed by atoms with van der Waals surface area (Å²) in [7, 11) is 5.09. The molecule has 0 aromatic heterocycles. The van der Waals surface area contributed by atoms with Crippen molar-refractivity contribution >= 4 is 29.9 Å². The third-order valence-corrected chi connectivity index (χ3v) is 3.83. The first-order valence-corrected chi connectivity index (χ1v) is 7.45. The highest BCUT2D eigenvalue weighted by Crippen LogP contribution is 2.27. The Bertz CT molecular complexity index is 488. The molecule has 2 N–H and O–H groups in total. The quantitative estimate of drug-likeness (QED) is 0.438. The van der Waals surface area contributed by atoms with E-state index in [0.717, 1.165) is 23.0 Å². The second-order valence-corrected chi connectivity index (χ2v) is 5.24. The third kappa shape index (κ3) is 5.23. The molecule has 0 bridgehead atoms. The average molecular weight is 419 g/mol. The molecule has 124 valence electrons. The van der Waals surface area contributed by atoms with E-state index in [1.807, 2.05) is 18.2 Å². The van der Waals surface area contributed by atoms with Crippen molar-refractivity contribution in [2.75, 3.05) is 21.3 Å². The maximum atomic E-state index is 5.32. The normalized spacial score (nSPS) is 15.1. The van der Waals surface area contributed by atoms with E-state index in [-0.39, 0.29) is 24.0 Å². The van der Waals surface area contributed by atoms with E-state index in [0.29, 0.717) is 12.6 Å². The zero-order valence-electron chi connectivity index (χ0n) is 13.5. The average Bonchev–Trinajstić information content (AvgIpc) is 3.04. The van der Waals surface area contributed by atoms with Gasteiger partial charge in [0.2, 0.25) is 0 Å². The van der Waals surface area contributed by atoms with Crippen LogP contribution in [0, 0.1) is 0 Å². The Hall–Kier alpha value is -1.18. The highest BCUT2D eigenvalue weighted by molar-refractivity contribution is 14.0. The predicted octanol–water partition coefficient (Wildman–Crippen LogP) is 2.93. The van der Waals surface area contributed by atoms with Gasteiger partial charge >= 0.3 is 0 Å². The lowest BCUT2D eigenvalue weighted by molar-refractivity contribution is 0.354. The van der Waals surface area contributed by atoms with E-state index < -0.39 is 0 Å². The maximum absolute atomic E-state index is 5.32. The monoisotopic (exact) mass is 419 g/mol. The Morgan fingerprint density at radius 2 is 1.86 bits per heavy atom. The van der Waals surface area contributed by atoms with Crippen molar-refractivity contribution in [2.45, 2.75) is 38.3 Å². The van der Waals surface area contributed by atoms with Crippen molar-refractivity contribution in [3.63, 3.8) is 0 Å². The molecule has 1 aliphatic rings. The minimum absolute atomic E-state index is 0. The van der Waals surface area contributed by atoms with Gasteiger partial charge in [0.15, 0.2) is 17.5 Å². The number of nitrogens with one attached hydrogen (secondary N) is 2. The van der Waals surface area contributed by atoms with Gasteiger partial charge in [0.05, 0.1) is 14.2 Å². The summed E-state index contributed by atoms with van der Waals surface area (Å²) in [6.45, 7) is 0.701. The van der Waals surface area contributed by atoms with Gasteiger partial charge in [-0.25, -0.2) is 0 Å². The molecule has 0 spiro atoms. The summed E-state index contributed by atoms with van der Waals surface area (Å²) in [6.07, 6.45) is 5.09. The topological polar surface area (TPSA) is 54.9 Å². The molecule has 2 rings (SSSR count). The molecule has 0 aliphatic heterocycles. The minimum Gasteiger partial charge on any atom is -0.493 e. The molecule has 1 fully saturated rings. The molecular formula is C16H26IN3O2. The number of rotatable bonds is 5. The minimum atomic E-state index is 0. The van der Waals surface area contributed by atoms with Crippen LogP contribution in [0.2, 0.25) is 0 Å². The molecule has 5 nitrogen and oxygen atoms in total. The molecule has 0 heterocycles. The van der Waals surface area contributed by atoms with Crippen molar-refractivity contribution in [1.29, 1.82) is 0 Å². The van der Waals surface area contributed by atoms with E-state index in [4.69, 9.17) is 9.47 Å². The zero-order chi connectivity index (χ0) is 15.1. The summed E-state index contributed by atoms with van der Waals surface area (Å²) in [4.78, 5) is 4.28. The van der Waals surface area contributed by atoms with Crippen LogP contribution < -0.4 is 20.1 Å². The van der Waals surface area contributed by atoms with Gasteiger partial charge in [0, 0.05) is 19.6 Å². The first-order valence-electron chi connectivity index (χ1n) is 7.45. The van der Waals surface area contributed by atoms with Gasteiger partial charge < -0.3 is 20.1 Å². The number of guanidine groups is 1. The smallest absolute Gasteiger partial charge is 0.191 e. The highest BCUT2D eigenvalue weighted by atomic mass is 127. The lowest BCUT2D eigenvalue weighted by Crippen LogP contribution is -2.41. The summed E-state index contributed by atoms with van der Waals surface area (Å²) in [6, 6.07) is 6.48. The van der Waals surface area contributed by atoms with Crippen molar-refractivity contribution in [2.24, 2.45) is 4.99 Å². The van der Waals surface area contributed by atoms with Crippen molar-refractivity contribution < 1.29 is 9.47 Å². The number of hydrogen-bond donors (Lipinski definition) is 2. The van der Waals surface area contributed by atoms with Crippen LogP contribution in [-0.2, 0) is 6.54 Å². The molecule has 6 heteroatoms. The number of halogens is 1. The van der Waals surface area contributed by atoms with E-state index in [1.165, 1.54) is 25.7 Å². The number of aliphatic imine (C=N–C) groups is 1. The van der Waals surface area contributed by atoms with Crippen LogP contribution in [0.1, 0.15) is 31.2 Å². The molecule has 1 saturated carbocycles. The van der Waals surface area contributed by atoms with Crippen molar-refractivity contribution in [1.82, 2.24) is 10.6 Å². The summed E-state index contributed by atoms with van der Waals surface area (Å²) in [5, 5.41) is 6.81. The third-order valence-electron chi connectivity index (χ3n) is 3.83. The van der Waals surface area contributed by atoms with Crippen molar-refractivity contribution in [3.05, 3.63) is 23.8 Å². The molecule has 0 radical (unpaired) electrons. The van der Waals surface area contributed by atoms with E-state index in [2.05, 4.69) is 15.6 Å². The van der Waals surface area contributed by atoms with Gasteiger partial charge in [-0.1, -0.05) is 18.9 Å². The second kappa shape index (κ2) is 9.76. The molecule has 1 aromatic carbocycles. The second-order valence-electron chi connectivity index (χ2n) is 5.24. The Morgan fingerprint density at radius 1 is 1.18 bits per heavy atom. The van der Waals surface area contributed by atoms with Gasteiger partial charge in [-0.05, 0) is 30.5 Å². The Kier molecular flexibility index (Phi) is 8.37. The molecule has 0 saturated heterocycles. The molecule has 1 aromatic rings. The standard InChI is InChI=1S/C16H25N3O2.HI/c1-17-16(19-13-6-4-5-7-13)18-11-12-8-9-14(20-2)15(10-12)21-3;/h8-10,13H,4-7,11H2,1-3H3,(H2,17,18,19);1H. The van der Waals surface area contributed by atoms with E-state index in [9.17, 15) is 0 Å². The first-order chi connectivity index (χ1) is 10.3. The van der Waals surface area contributed by atoms with Gasteiger partial charge in [0.1, 0.15) is 0 Å². The predicted molar refractivity (Wildman–Crippen MR) is 101 cm³/mol. The molecule has 0 unspecified atom stereocenters. The number of ether oxygens (including phenoxy) is 2. The van der Waals surface area contributed by atoms with Crippen LogP contribution in [0.4, 0.5) is 0 Å². The van der Waals surface area contributed by atoms with Gasteiger partial charge in [-0.2, -0.15) is 0 Å². The summed E-state index contributed by atoms with van der Waals surface area (Å²) >= 11 is 0. The molecule has 22 heavy (non-hydrogen) atoms. The van der Waals surface area contributed by atoms with Crippen LogP contribution in [0.25, 0.3) is 0 Å². The number of nitrogens with zero attached hydrogens (tertiary/aromatic N) is 1. The number of hydrogen-bond acceptors (Lipinski definition) is 3. The largest absolute Gasteiger partial charge is 0.493 e. The molecular weight excluding hydrogens is 393 g/mol. The summed E-state index contributed by atoms with van der Waals surface area (Å²) < 4.78 is 10.6. The van der Waals surface area contributed by atoms with Gasteiger partial charge in [0.25, 0.3) is 0 Å². The van der Waals surface area contributed by atoms with Crippen LogP contribution in [-0.4, -0.2) is 33.3 Å². The zero-order valence-corrected chi connectivity index (χ0v) is 15.8. The molecule has 0 atom stereocenters. The fraction of sp³-hybridized carbons (Fsp3) is 0.562. The lowest BCUT2D eigenvalue weighted by atomic mass is 10.2. The Morgan fingerprint density at radius 3 is 2.45 bits per heavy atom. The van der Waals surface area contributed by atoms with Crippen LogP contribution in [0.15, 0.2) is 23.2 Å². The van der Waals surface area contributed by atoms with Crippen molar-refractivity contribution in [3.8, 4) is 11.5 Å². The lowest BCUT2D eigenvalue weighted by Gasteiger charge is -2.17. The first kappa shape index (κ1) is 18.9. The van der Waals surface area contributed by atoms with E-state index in [1.54, 1.807) is 21.3 Å². The van der Waals surface area contributed by atoms with Gasteiger partial charge in [-0.3, -0.25) is 4.99 Å².